The molecule has 2 saturated heterocycles. The molecule has 0 aromatic heterocycles. The van der Waals surface area contributed by atoms with Gasteiger partial charge in [0.2, 0.25) is 0 Å². The summed E-state index contributed by atoms with van der Waals surface area (Å²) in [5, 5.41) is 12.6. The average Bonchev–Trinajstić information content (AvgIpc) is 2.31. The third-order valence-electron chi connectivity index (χ3n) is 3.45. The standard InChI is InChI=1S/C11H21N3O2/c15-11(16)10(13-6-2-1-3-7-13)14-8-4-12-5-9-14/h10,12H,1-9H2,(H,15,16). The van der Waals surface area contributed by atoms with Crippen molar-refractivity contribution in [1.82, 2.24) is 15.1 Å². The van der Waals surface area contributed by atoms with E-state index in [9.17, 15) is 9.90 Å². The molecule has 0 aromatic rings. The van der Waals surface area contributed by atoms with E-state index in [1.54, 1.807) is 0 Å². The van der Waals surface area contributed by atoms with Crippen LogP contribution >= 0.6 is 0 Å². The number of piperazine rings is 1. The number of likely N-dealkylation sites (tertiary alicyclic amines) is 1. The second kappa shape index (κ2) is 5.61. The quantitative estimate of drug-likeness (QED) is 0.698. The van der Waals surface area contributed by atoms with E-state index in [0.717, 1.165) is 52.1 Å². The molecule has 16 heavy (non-hydrogen) atoms. The van der Waals surface area contributed by atoms with Gasteiger partial charge >= 0.3 is 5.97 Å². The molecule has 0 amide bonds. The highest BCUT2D eigenvalue weighted by Gasteiger charge is 2.32. The molecule has 2 N–H and O–H groups in total. The zero-order valence-electron chi connectivity index (χ0n) is 9.69. The fraction of sp³-hybridized carbons (Fsp3) is 0.909. The first kappa shape index (κ1) is 11.8. The molecule has 0 spiro atoms. The Balaban J connectivity index is 1.99. The molecule has 1 unspecified atom stereocenters. The van der Waals surface area contributed by atoms with E-state index >= 15 is 0 Å². The Morgan fingerprint density at radius 1 is 1.00 bits per heavy atom. The number of hydrogen-bond acceptors (Lipinski definition) is 4. The van der Waals surface area contributed by atoms with Crippen molar-refractivity contribution < 1.29 is 9.90 Å². The molecule has 2 aliphatic rings. The minimum absolute atomic E-state index is 0.401. The SMILES string of the molecule is O=C(O)C(N1CCCCC1)N1CCNCC1. The lowest BCUT2D eigenvalue weighted by Crippen LogP contribution is -2.59. The van der Waals surface area contributed by atoms with Crippen LogP contribution in [0.2, 0.25) is 0 Å². The van der Waals surface area contributed by atoms with Crippen molar-refractivity contribution in [2.45, 2.75) is 25.4 Å². The van der Waals surface area contributed by atoms with Crippen LogP contribution in [0.15, 0.2) is 0 Å². The Kier molecular flexibility index (Phi) is 4.15. The highest BCUT2D eigenvalue weighted by atomic mass is 16.4. The fourth-order valence-corrected chi connectivity index (χ4v) is 2.63. The normalized spacial score (nSPS) is 26.5. The summed E-state index contributed by atoms with van der Waals surface area (Å²) in [5.41, 5.74) is 0. The number of aliphatic carboxylic acids is 1. The van der Waals surface area contributed by atoms with Crippen molar-refractivity contribution >= 4 is 5.97 Å². The zero-order chi connectivity index (χ0) is 11.4. The summed E-state index contributed by atoms with van der Waals surface area (Å²) in [6.07, 6.45) is 3.11. The summed E-state index contributed by atoms with van der Waals surface area (Å²) in [6.45, 7) is 5.35. The minimum Gasteiger partial charge on any atom is -0.479 e. The van der Waals surface area contributed by atoms with Crippen molar-refractivity contribution in [3.05, 3.63) is 0 Å². The molecule has 2 heterocycles. The molecule has 2 aliphatic heterocycles. The van der Waals surface area contributed by atoms with E-state index in [0.29, 0.717) is 0 Å². The second-order valence-corrected chi connectivity index (χ2v) is 4.59. The first-order chi connectivity index (χ1) is 7.79. The number of piperidine rings is 1. The van der Waals surface area contributed by atoms with Gasteiger partial charge in [0.1, 0.15) is 0 Å². The highest BCUT2D eigenvalue weighted by Crippen LogP contribution is 2.15. The van der Waals surface area contributed by atoms with Crippen LogP contribution in [0.4, 0.5) is 0 Å². The number of carboxylic acid groups (broad SMARTS) is 1. The Morgan fingerprint density at radius 3 is 2.12 bits per heavy atom. The van der Waals surface area contributed by atoms with Gasteiger partial charge in [0.15, 0.2) is 6.17 Å². The highest BCUT2D eigenvalue weighted by molar-refractivity contribution is 5.73. The summed E-state index contributed by atoms with van der Waals surface area (Å²) in [4.78, 5) is 15.6. The Bertz CT molecular complexity index is 217. The van der Waals surface area contributed by atoms with Gasteiger partial charge in [0.05, 0.1) is 0 Å². The molecule has 0 aliphatic carbocycles. The molecule has 0 bridgehead atoms. The first-order valence-corrected chi connectivity index (χ1v) is 6.20. The molecule has 92 valence electrons. The molecule has 0 aromatic carbocycles. The van der Waals surface area contributed by atoms with Crippen LogP contribution < -0.4 is 5.32 Å². The number of hydrogen-bond donors (Lipinski definition) is 2. The van der Waals surface area contributed by atoms with E-state index in [4.69, 9.17) is 0 Å². The molecule has 0 radical (unpaired) electrons. The summed E-state index contributed by atoms with van der Waals surface area (Å²) < 4.78 is 0. The predicted octanol–water partition coefficient (Wildman–Crippen LogP) is -0.212. The largest absolute Gasteiger partial charge is 0.479 e. The number of rotatable bonds is 3. The van der Waals surface area contributed by atoms with Crippen molar-refractivity contribution in [2.24, 2.45) is 0 Å². The Morgan fingerprint density at radius 2 is 1.56 bits per heavy atom. The lowest BCUT2D eigenvalue weighted by molar-refractivity contribution is -0.152. The van der Waals surface area contributed by atoms with E-state index in [-0.39, 0.29) is 0 Å². The summed E-state index contributed by atoms with van der Waals surface area (Å²) in [7, 11) is 0. The molecular weight excluding hydrogens is 206 g/mol. The maximum Gasteiger partial charge on any atom is 0.336 e. The van der Waals surface area contributed by atoms with Gasteiger partial charge in [0.25, 0.3) is 0 Å². The average molecular weight is 227 g/mol. The topological polar surface area (TPSA) is 55.8 Å². The van der Waals surface area contributed by atoms with Crippen LogP contribution in [0.3, 0.4) is 0 Å². The predicted molar refractivity (Wildman–Crippen MR) is 61.3 cm³/mol. The molecular formula is C11H21N3O2. The van der Waals surface area contributed by atoms with Crippen molar-refractivity contribution in [3.8, 4) is 0 Å². The van der Waals surface area contributed by atoms with E-state index in [2.05, 4.69) is 15.1 Å². The smallest absolute Gasteiger partial charge is 0.336 e. The monoisotopic (exact) mass is 227 g/mol. The van der Waals surface area contributed by atoms with Crippen LogP contribution in [0, 0.1) is 0 Å². The Hall–Kier alpha value is -0.650. The molecule has 2 rings (SSSR count). The lowest BCUT2D eigenvalue weighted by atomic mass is 10.1. The molecule has 1 atom stereocenters. The molecule has 0 saturated carbocycles. The minimum atomic E-state index is -0.691. The van der Waals surface area contributed by atoms with Gasteiger partial charge in [-0.05, 0) is 12.8 Å². The number of carbonyl (C=O) groups is 1. The van der Waals surface area contributed by atoms with Gasteiger partial charge in [0, 0.05) is 39.3 Å². The van der Waals surface area contributed by atoms with E-state index < -0.39 is 12.1 Å². The van der Waals surface area contributed by atoms with Crippen LogP contribution in [-0.4, -0.2) is 66.3 Å². The summed E-state index contributed by atoms with van der Waals surface area (Å²) >= 11 is 0. The van der Waals surface area contributed by atoms with Crippen molar-refractivity contribution in [3.63, 3.8) is 0 Å². The molecule has 5 heteroatoms. The maximum absolute atomic E-state index is 11.4. The van der Waals surface area contributed by atoms with E-state index in [1.807, 2.05) is 0 Å². The maximum atomic E-state index is 11.4. The summed E-state index contributed by atoms with van der Waals surface area (Å²) in [5.74, 6) is -0.691. The van der Waals surface area contributed by atoms with Gasteiger partial charge in [-0.3, -0.25) is 9.80 Å². The van der Waals surface area contributed by atoms with Crippen LogP contribution in [0.25, 0.3) is 0 Å². The first-order valence-electron chi connectivity index (χ1n) is 6.20. The zero-order valence-corrected chi connectivity index (χ0v) is 9.69. The van der Waals surface area contributed by atoms with E-state index in [1.165, 1.54) is 6.42 Å². The summed E-state index contributed by atoms with van der Waals surface area (Å²) in [6, 6.07) is 0. The van der Waals surface area contributed by atoms with Gasteiger partial charge < -0.3 is 10.4 Å². The molecule has 2 fully saturated rings. The third kappa shape index (κ3) is 2.72. The number of nitrogens with one attached hydrogen (secondary N) is 1. The molecule has 5 nitrogen and oxygen atoms in total. The number of nitrogens with zero attached hydrogens (tertiary/aromatic N) is 2. The fourth-order valence-electron chi connectivity index (χ4n) is 2.63. The van der Waals surface area contributed by atoms with Gasteiger partial charge in [-0.1, -0.05) is 6.42 Å². The number of carboxylic acids is 1. The second-order valence-electron chi connectivity index (χ2n) is 4.59. The van der Waals surface area contributed by atoms with Crippen molar-refractivity contribution in [1.29, 1.82) is 0 Å². The van der Waals surface area contributed by atoms with Crippen LogP contribution in [-0.2, 0) is 4.79 Å². The van der Waals surface area contributed by atoms with Crippen LogP contribution in [0.5, 0.6) is 0 Å². The van der Waals surface area contributed by atoms with Gasteiger partial charge in [-0.25, -0.2) is 4.79 Å². The Labute approximate surface area is 96.4 Å². The van der Waals surface area contributed by atoms with Gasteiger partial charge in [-0.15, -0.1) is 0 Å². The van der Waals surface area contributed by atoms with Gasteiger partial charge in [-0.2, -0.15) is 0 Å². The van der Waals surface area contributed by atoms with Crippen LogP contribution in [0.1, 0.15) is 19.3 Å². The third-order valence-corrected chi connectivity index (χ3v) is 3.45. The van der Waals surface area contributed by atoms with Crippen molar-refractivity contribution in [2.75, 3.05) is 39.3 Å². The lowest BCUT2D eigenvalue weighted by Gasteiger charge is -2.40.